The maximum Gasteiger partial charge on any atom is 0.449 e. The lowest BCUT2D eigenvalue weighted by Gasteiger charge is -2.14. The van der Waals surface area contributed by atoms with Gasteiger partial charge in [0.05, 0.1) is 35.7 Å². The molecule has 0 aliphatic rings. The Kier molecular flexibility index (Phi) is 9.43. The molecular weight excluding hydrogens is 796 g/mol. The maximum atomic E-state index is 14.1. The van der Waals surface area contributed by atoms with Crippen molar-refractivity contribution < 1.29 is 13.2 Å². The van der Waals surface area contributed by atoms with Gasteiger partial charge in [-0.05, 0) is 64.1 Å². The van der Waals surface area contributed by atoms with Crippen molar-refractivity contribution in [2.45, 2.75) is 65.8 Å². The summed E-state index contributed by atoms with van der Waals surface area (Å²) in [6.07, 6.45) is 6.12. The molecule has 9 aromatic heterocycles. The standard InChI is InChI=1S/C40H34F3N15O3/c1-22(2)58-24(4)48-34-32(38(58)61)21-57(51-34)29-9-7-25(45-18-29)11-14-53-23(3)47-33-30(36(53)59)19-56(50-33)28-10-8-26(46-17-28)12-15-54-37(60)31-20-55(27-6-5-13-44-16-27)52-35(31)49-39(54)40(41,42)43/h5-10,13,16-22H,11-12,14-15H2,1-4H3. The Morgan fingerprint density at radius 2 is 1.10 bits per heavy atom. The minimum Gasteiger partial charge on any atom is -0.296 e. The molecule has 0 aliphatic heterocycles. The van der Waals surface area contributed by atoms with Crippen LogP contribution in [0.25, 0.3) is 50.2 Å². The van der Waals surface area contributed by atoms with Crippen LogP contribution in [0.1, 0.15) is 48.8 Å². The van der Waals surface area contributed by atoms with Gasteiger partial charge in [-0.2, -0.15) is 13.2 Å². The molecule has 9 heterocycles. The number of nitrogens with zero attached hydrogens (tertiary/aromatic N) is 15. The lowest BCUT2D eigenvalue weighted by atomic mass is 10.2. The van der Waals surface area contributed by atoms with Gasteiger partial charge in [0.1, 0.15) is 27.8 Å². The molecular formula is C40H34F3N15O3. The third kappa shape index (κ3) is 7.12. The number of fused-ring (bicyclic) bond motifs is 3. The average Bonchev–Trinajstić information content (AvgIpc) is 3.98. The fraction of sp³-hybridized carbons (Fsp3) is 0.250. The largest absolute Gasteiger partial charge is 0.449 e. The highest BCUT2D eigenvalue weighted by molar-refractivity contribution is 5.75. The molecule has 0 bridgehead atoms. The van der Waals surface area contributed by atoms with E-state index in [9.17, 15) is 27.6 Å². The first kappa shape index (κ1) is 38.8. The molecule has 308 valence electrons. The van der Waals surface area contributed by atoms with Crippen LogP contribution in [0, 0.1) is 13.8 Å². The third-order valence-electron chi connectivity index (χ3n) is 10.2. The van der Waals surface area contributed by atoms with Gasteiger partial charge in [0.15, 0.2) is 16.9 Å². The molecule has 21 heteroatoms. The number of alkyl halides is 3. The van der Waals surface area contributed by atoms with Crippen LogP contribution in [0.5, 0.6) is 0 Å². The second kappa shape index (κ2) is 14.8. The Hall–Kier alpha value is -7.71. The fourth-order valence-corrected chi connectivity index (χ4v) is 7.22. The van der Waals surface area contributed by atoms with Gasteiger partial charge in [-0.25, -0.2) is 29.0 Å². The number of hydrogen-bond donors (Lipinski definition) is 0. The van der Waals surface area contributed by atoms with E-state index in [0.717, 1.165) is 5.69 Å². The number of halogens is 3. The van der Waals surface area contributed by atoms with Gasteiger partial charge >= 0.3 is 6.18 Å². The van der Waals surface area contributed by atoms with Crippen molar-refractivity contribution in [3.05, 3.63) is 140 Å². The zero-order valence-electron chi connectivity index (χ0n) is 33.0. The summed E-state index contributed by atoms with van der Waals surface area (Å²) in [6, 6.07) is 10.2. The van der Waals surface area contributed by atoms with Crippen LogP contribution in [0.2, 0.25) is 0 Å². The number of pyridine rings is 3. The second-order valence-electron chi connectivity index (χ2n) is 14.6. The molecule has 9 aromatic rings. The predicted octanol–water partition coefficient (Wildman–Crippen LogP) is 4.26. The van der Waals surface area contributed by atoms with Crippen LogP contribution in [-0.2, 0) is 32.1 Å². The SMILES string of the molecule is Cc1nc2nn(-c3ccc(CCn4c(C(F)(F)F)nc5nn(-c6cccnc6)cc5c4=O)nc3)cc2c(=O)n1CCc1ccc(-n2cc3c(=O)n(C(C)C)c(C)nc3n2)cn1. The molecule has 0 radical (unpaired) electrons. The smallest absolute Gasteiger partial charge is 0.296 e. The van der Waals surface area contributed by atoms with Crippen LogP contribution in [0.15, 0.2) is 94.2 Å². The molecule has 9 rings (SSSR count). The van der Waals surface area contributed by atoms with E-state index in [0.29, 0.717) is 63.0 Å². The second-order valence-corrected chi connectivity index (χ2v) is 14.6. The Bertz CT molecular complexity index is 3310. The maximum absolute atomic E-state index is 14.1. The van der Waals surface area contributed by atoms with Crippen molar-refractivity contribution in [3.8, 4) is 17.1 Å². The van der Waals surface area contributed by atoms with Gasteiger partial charge in [-0.15, -0.1) is 15.3 Å². The summed E-state index contributed by atoms with van der Waals surface area (Å²) in [5.41, 5.74) is 1.63. The first-order chi connectivity index (χ1) is 29.2. The zero-order valence-corrected chi connectivity index (χ0v) is 33.0. The minimum atomic E-state index is -4.92. The van der Waals surface area contributed by atoms with Crippen LogP contribution in [0.4, 0.5) is 13.2 Å². The Morgan fingerprint density at radius 3 is 1.59 bits per heavy atom. The number of aryl methyl sites for hydroxylation is 4. The number of hydrogen-bond acceptors (Lipinski definition) is 12. The summed E-state index contributed by atoms with van der Waals surface area (Å²) in [7, 11) is 0. The lowest BCUT2D eigenvalue weighted by Crippen LogP contribution is -2.30. The molecule has 0 amide bonds. The molecule has 61 heavy (non-hydrogen) atoms. The molecule has 0 aromatic carbocycles. The summed E-state index contributed by atoms with van der Waals surface area (Å²) in [4.78, 5) is 65.9. The van der Waals surface area contributed by atoms with Gasteiger partial charge in [0.2, 0.25) is 5.82 Å². The molecule has 0 aliphatic carbocycles. The van der Waals surface area contributed by atoms with E-state index in [-0.39, 0.29) is 52.2 Å². The molecule has 0 saturated carbocycles. The number of rotatable bonds is 10. The van der Waals surface area contributed by atoms with E-state index in [4.69, 9.17) is 0 Å². The van der Waals surface area contributed by atoms with Crippen molar-refractivity contribution in [3.63, 3.8) is 0 Å². The van der Waals surface area contributed by atoms with E-state index in [2.05, 4.69) is 45.2 Å². The van der Waals surface area contributed by atoms with E-state index in [1.165, 1.54) is 34.2 Å². The molecule has 0 saturated heterocycles. The van der Waals surface area contributed by atoms with Gasteiger partial charge in [-0.1, -0.05) is 0 Å². The fourth-order valence-electron chi connectivity index (χ4n) is 7.22. The van der Waals surface area contributed by atoms with Crippen molar-refractivity contribution in [2.75, 3.05) is 0 Å². The van der Waals surface area contributed by atoms with Crippen molar-refractivity contribution in [1.82, 2.24) is 72.9 Å². The molecule has 18 nitrogen and oxygen atoms in total. The molecule has 0 atom stereocenters. The van der Waals surface area contributed by atoms with Crippen LogP contribution in [0.3, 0.4) is 0 Å². The Morgan fingerprint density at radius 1 is 0.607 bits per heavy atom. The summed E-state index contributed by atoms with van der Waals surface area (Å²) in [5, 5.41) is 13.7. The topological polar surface area (TPSA) is 197 Å². The summed E-state index contributed by atoms with van der Waals surface area (Å²) in [5.74, 6) is -0.324. The van der Waals surface area contributed by atoms with E-state index in [1.54, 1.807) is 70.5 Å². The summed E-state index contributed by atoms with van der Waals surface area (Å²) in [6.45, 7) is 7.28. The summed E-state index contributed by atoms with van der Waals surface area (Å²) < 4.78 is 50.5. The van der Waals surface area contributed by atoms with Crippen LogP contribution in [-0.4, -0.2) is 72.9 Å². The molecule has 0 N–H and O–H groups in total. The van der Waals surface area contributed by atoms with E-state index < -0.39 is 17.6 Å². The van der Waals surface area contributed by atoms with E-state index in [1.807, 2.05) is 26.0 Å². The predicted molar refractivity (Wildman–Crippen MR) is 215 cm³/mol. The highest BCUT2D eigenvalue weighted by Crippen LogP contribution is 2.28. The van der Waals surface area contributed by atoms with Crippen LogP contribution < -0.4 is 16.7 Å². The third-order valence-corrected chi connectivity index (χ3v) is 10.2. The van der Waals surface area contributed by atoms with Gasteiger partial charge in [0, 0.05) is 68.1 Å². The zero-order chi connectivity index (χ0) is 42.7. The summed E-state index contributed by atoms with van der Waals surface area (Å²) >= 11 is 0. The van der Waals surface area contributed by atoms with E-state index >= 15 is 0 Å². The minimum absolute atomic E-state index is 0.0183. The highest BCUT2D eigenvalue weighted by atomic mass is 19.4. The molecule has 0 unspecified atom stereocenters. The molecule has 0 spiro atoms. The van der Waals surface area contributed by atoms with Crippen molar-refractivity contribution in [2.24, 2.45) is 0 Å². The van der Waals surface area contributed by atoms with Crippen molar-refractivity contribution in [1.29, 1.82) is 0 Å². The van der Waals surface area contributed by atoms with Gasteiger partial charge in [0.25, 0.3) is 16.7 Å². The average molecular weight is 830 g/mol. The first-order valence-electron chi connectivity index (χ1n) is 19.1. The lowest BCUT2D eigenvalue weighted by molar-refractivity contribution is -0.148. The van der Waals surface area contributed by atoms with Crippen LogP contribution >= 0.6 is 0 Å². The Labute approximate surface area is 341 Å². The number of aromatic nitrogens is 15. The first-order valence-corrected chi connectivity index (χ1v) is 19.1. The quantitative estimate of drug-likeness (QED) is 0.190. The van der Waals surface area contributed by atoms with Gasteiger partial charge in [-0.3, -0.25) is 43.0 Å². The normalized spacial score (nSPS) is 12.1. The van der Waals surface area contributed by atoms with Crippen molar-refractivity contribution >= 4 is 33.1 Å². The Balaban J connectivity index is 0.899. The van der Waals surface area contributed by atoms with Gasteiger partial charge < -0.3 is 0 Å². The molecule has 0 fully saturated rings. The highest BCUT2D eigenvalue weighted by Gasteiger charge is 2.38. The monoisotopic (exact) mass is 829 g/mol.